The number of hydrogen-bond donors (Lipinski definition) is 0. The monoisotopic (exact) mass is 333 g/mol. The number of nitriles is 3. The zero-order valence-corrected chi connectivity index (χ0v) is 16.3. The van der Waals surface area contributed by atoms with Crippen LogP contribution >= 0.6 is 0 Å². The Balaban J connectivity index is 0. The van der Waals surface area contributed by atoms with Crippen molar-refractivity contribution in [1.29, 1.82) is 15.8 Å². The first-order chi connectivity index (χ1) is 11.0. The highest BCUT2D eigenvalue weighted by Crippen LogP contribution is 2.20. The second-order valence-corrected chi connectivity index (χ2v) is 6.88. The summed E-state index contributed by atoms with van der Waals surface area (Å²) in [6.45, 7) is 13.0. The van der Waals surface area contributed by atoms with Crippen LogP contribution < -0.4 is 0 Å². The van der Waals surface area contributed by atoms with Crippen LogP contribution in [0.5, 0.6) is 0 Å². The third-order valence-electron chi connectivity index (χ3n) is 3.92. The first-order valence-electron chi connectivity index (χ1n) is 8.18. The minimum absolute atomic E-state index is 0.0787. The van der Waals surface area contributed by atoms with E-state index in [0.29, 0.717) is 12.8 Å². The third kappa shape index (κ3) is 9.93. The lowest BCUT2D eigenvalue weighted by molar-refractivity contribution is 0.00882. The van der Waals surface area contributed by atoms with Crippen molar-refractivity contribution in [3.8, 4) is 18.2 Å². The Morgan fingerprint density at radius 1 is 0.917 bits per heavy atom. The lowest BCUT2D eigenvalue weighted by Gasteiger charge is -2.23. The van der Waals surface area contributed by atoms with Gasteiger partial charge in [-0.2, -0.15) is 26.0 Å². The molecular formula is C18H31N5O. The molecule has 3 unspecified atom stereocenters. The molecule has 0 amide bonds. The molecule has 6 nitrogen and oxygen atoms in total. The zero-order chi connectivity index (χ0) is 19.4. The highest BCUT2D eigenvalue weighted by atomic mass is 16.5. The average Bonchev–Trinajstić information content (AvgIpc) is 2.59. The minimum atomic E-state index is -0.798. The second-order valence-electron chi connectivity index (χ2n) is 6.88. The van der Waals surface area contributed by atoms with Crippen molar-refractivity contribution in [3.05, 3.63) is 0 Å². The fraction of sp³-hybridized carbons (Fsp3) is 0.833. The van der Waals surface area contributed by atoms with Crippen molar-refractivity contribution in [1.82, 2.24) is 0 Å². The number of rotatable bonds is 7. The van der Waals surface area contributed by atoms with E-state index in [0.717, 1.165) is 6.42 Å². The Hall–Kier alpha value is -1.97. The van der Waals surface area contributed by atoms with Gasteiger partial charge in [-0.1, -0.05) is 13.8 Å². The van der Waals surface area contributed by atoms with Crippen LogP contribution in [0.2, 0.25) is 0 Å². The molecule has 0 spiro atoms. The number of nitrogens with zero attached hydrogens (tertiary/aromatic N) is 5. The molecule has 24 heavy (non-hydrogen) atoms. The van der Waals surface area contributed by atoms with E-state index in [1.54, 1.807) is 21.0 Å². The fourth-order valence-corrected chi connectivity index (χ4v) is 1.43. The molecule has 0 N–H and O–H groups in total. The molecule has 6 heteroatoms. The van der Waals surface area contributed by atoms with Gasteiger partial charge in [0.2, 0.25) is 0 Å². The van der Waals surface area contributed by atoms with Gasteiger partial charge in [-0.15, -0.1) is 0 Å². The molecule has 134 valence electrons. The van der Waals surface area contributed by atoms with Gasteiger partial charge in [0.25, 0.3) is 0 Å². The van der Waals surface area contributed by atoms with Gasteiger partial charge >= 0.3 is 0 Å². The molecule has 0 fully saturated rings. The molecule has 0 aliphatic heterocycles. The van der Waals surface area contributed by atoms with Crippen molar-refractivity contribution < 1.29 is 4.74 Å². The fourth-order valence-electron chi connectivity index (χ4n) is 1.43. The number of ether oxygens (including phenoxy) is 1. The van der Waals surface area contributed by atoms with Gasteiger partial charge in [0.1, 0.15) is 0 Å². The van der Waals surface area contributed by atoms with E-state index in [4.69, 9.17) is 20.5 Å². The largest absolute Gasteiger partial charge is 0.379 e. The Morgan fingerprint density at radius 3 is 1.50 bits per heavy atom. The molecule has 0 saturated carbocycles. The summed E-state index contributed by atoms with van der Waals surface area (Å²) in [7, 11) is 1.67. The summed E-state index contributed by atoms with van der Waals surface area (Å²) in [5.74, 6) is 0.0787. The van der Waals surface area contributed by atoms with E-state index in [1.807, 2.05) is 34.6 Å². The predicted octanol–water partition coefficient (Wildman–Crippen LogP) is 4.78. The zero-order valence-electron chi connectivity index (χ0n) is 16.3. The van der Waals surface area contributed by atoms with Crippen molar-refractivity contribution in [2.24, 2.45) is 16.1 Å². The Morgan fingerprint density at radius 2 is 1.29 bits per heavy atom. The van der Waals surface area contributed by atoms with Gasteiger partial charge < -0.3 is 4.74 Å². The maximum absolute atomic E-state index is 8.84. The lowest BCUT2D eigenvalue weighted by atomic mass is 9.96. The van der Waals surface area contributed by atoms with E-state index >= 15 is 0 Å². The maximum atomic E-state index is 8.84. The third-order valence-corrected chi connectivity index (χ3v) is 3.92. The maximum Gasteiger partial charge on any atom is 0.164 e. The Labute approximate surface area is 147 Å². The van der Waals surface area contributed by atoms with E-state index in [9.17, 15) is 0 Å². The summed E-state index contributed by atoms with van der Waals surface area (Å²) in [4.78, 5) is 0. The highest BCUT2D eigenvalue weighted by Gasteiger charge is 2.25. The Kier molecular flexibility index (Phi) is 10.9. The molecule has 3 atom stereocenters. The van der Waals surface area contributed by atoms with Gasteiger partial charge in [0.15, 0.2) is 11.1 Å². The van der Waals surface area contributed by atoms with E-state index in [2.05, 4.69) is 28.4 Å². The van der Waals surface area contributed by atoms with Crippen LogP contribution in [0.1, 0.15) is 67.7 Å². The van der Waals surface area contributed by atoms with Gasteiger partial charge in [0.05, 0.1) is 23.8 Å². The second kappa shape index (κ2) is 10.7. The minimum Gasteiger partial charge on any atom is -0.379 e. The topological polar surface area (TPSA) is 105 Å². The molecule has 0 heterocycles. The van der Waals surface area contributed by atoms with Crippen LogP contribution in [-0.2, 0) is 4.74 Å². The number of methoxy groups -OCH3 is 1. The molecular weight excluding hydrogens is 302 g/mol. The Bertz CT molecular complexity index is 493. The summed E-state index contributed by atoms with van der Waals surface area (Å²) in [5.41, 5.74) is -1.75. The molecule has 0 aliphatic rings. The summed E-state index contributed by atoms with van der Waals surface area (Å²) in [5, 5.41) is 34.1. The molecule has 0 bridgehead atoms. The SMILES string of the molecule is CCC(C)(C#N)N=NC(C)(C#N)CC.COC(C)(C)CC(C)C#N. The van der Waals surface area contributed by atoms with Crippen LogP contribution in [0.15, 0.2) is 10.2 Å². The van der Waals surface area contributed by atoms with Crippen molar-refractivity contribution in [3.63, 3.8) is 0 Å². The first-order valence-corrected chi connectivity index (χ1v) is 8.18. The van der Waals surface area contributed by atoms with Crippen molar-refractivity contribution in [2.45, 2.75) is 84.4 Å². The molecule has 0 aromatic heterocycles. The smallest absolute Gasteiger partial charge is 0.164 e. The molecule has 0 saturated heterocycles. The van der Waals surface area contributed by atoms with Gasteiger partial charge in [0, 0.05) is 13.0 Å². The summed E-state index contributed by atoms with van der Waals surface area (Å²) >= 11 is 0. The van der Waals surface area contributed by atoms with Gasteiger partial charge in [-0.3, -0.25) is 0 Å². The quantitative estimate of drug-likeness (QED) is 0.624. The molecule has 0 rings (SSSR count). The van der Waals surface area contributed by atoms with Crippen LogP contribution in [-0.4, -0.2) is 23.8 Å². The number of azo groups is 1. The van der Waals surface area contributed by atoms with E-state index in [1.165, 1.54) is 0 Å². The summed E-state index contributed by atoms with van der Waals surface area (Å²) in [6, 6.07) is 6.33. The van der Waals surface area contributed by atoms with Gasteiger partial charge in [-0.05, 0) is 53.9 Å². The van der Waals surface area contributed by atoms with E-state index < -0.39 is 11.1 Å². The normalized spacial score (nSPS) is 17.2. The van der Waals surface area contributed by atoms with Crippen LogP contribution in [0.3, 0.4) is 0 Å². The molecule has 0 radical (unpaired) electrons. The van der Waals surface area contributed by atoms with Crippen molar-refractivity contribution in [2.75, 3.05) is 7.11 Å². The average molecular weight is 333 g/mol. The van der Waals surface area contributed by atoms with Gasteiger partial charge in [-0.25, -0.2) is 0 Å². The van der Waals surface area contributed by atoms with Crippen LogP contribution in [0, 0.1) is 39.9 Å². The molecule has 0 aliphatic carbocycles. The number of hydrogen-bond acceptors (Lipinski definition) is 6. The first kappa shape index (κ1) is 24.3. The molecule has 0 aromatic carbocycles. The lowest BCUT2D eigenvalue weighted by Crippen LogP contribution is -2.24. The standard InChI is InChI=1S/C10H16N4.C8H15NO/c1-5-9(3,7-11)13-14-10(4,6-2)8-12;1-7(6-9)5-8(2,3)10-4/h5-6H2,1-4H3;7H,5H2,1-4H3. The van der Waals surface area contributed by atoms with Crippen LogP contribution in [0.4, 0.5) is 0 Å². The highest BCUT2D eigenvalue weighted by molar-refractivity contribution is 5.06. The molecule has 0 aromatic rings. The predicted molar refractivity (Wildman–Crippen MR) is 94.0 cm³/mol. The van der Waals surface area contributed by atoms with Crippen molar-refractivity contribution >= 4 is 0 Å². The summed E-state index contributed by atoms with van der Waals surface area (Å²) < 4.78 is 5.16. The summed E-state index contributed by atoms with van der Waals surface area (Å²) in [6.07, 6.45) is 1.98. The van der Waals surface area contributed by atoms with E-state index in [-0.39, 0.29) is 11.5 Å². The van der Waals surface area contributed by atoms with Crippen LogP contribution in [0.25, 0.3) is 0 Å².